The maximum atomic E-state index is 3.39. The standard InChI is InChI=1S/C14H26Si/c1-6-7-8-11-14(2)12-9-10-13-15(3,4)5/h12H,6-9,11H2,1-5H3/b14-12+. The monoisotopic (exact) mass is 222 g/mol. The molecular formula is C14H26Si. The lowest BCUT2D eigenvalue weighted by atomic mass is 10.1. The minimum atomic E-state index is -1.15. The molecule has 0 aromatic carbocycles. The molecule has 0 radical (unpaired) electrons. The Morgan fingerprint density at radius 2 is 1.87 bits per heavy atom. The van der Waals surface area contributed by atoms with Gasteiger partial charge in [-0.3, -0.25) is 0 Å². The average Bonchev–Trinajstić information content (AvgIpc) is 2.11. The van der Waals surface area contributed by atoms with E-state index in [1.165, 1.54) is 31.3 Å². The highest BCUT2D eigenvalue weighted by atomic mass is 28.3. The van der Waals surface area contributed by atoms with Gasteiger partial charge in [-0.25, -0.2) is 0 Å². The van der Waals surface area contributed by atoms with Crippen LogP contribution in [-0.4, -0.2) is 8.07 Å². The molecule has 0 aliphatic heterocycles. The van der Waals surface area contributed by atoms with Crippen molar-refractivity contribution < 1.29 is 0 Å². The summed E-state index contributed by atoms with van der Waals surface area (Å²) in [6.07, 6.45) is 8.49. The zero-order valence-corrected chi connectivity index (χ0v) is 12.1. The molecule has 1 heteroatoms. The molecule has 0 aliphatic rings. The van der Waals surface area contributed by atoms with E-state index in [9.17, 15) is 0 Å². The molecule has 0 N–H and O–H groups in total. The molecule has 0 heterocycles. The van der Waals surface area contributed by atoms with Crippen LogP contribution in [0.15, 0.2) is 11.6 Å². The molecule has 0 unspecified atom stereocenters. The molecule has 0 aromatic heterocycles. The van der Waals surface area contributed by atoms with Crippen LogP contribution in [0.25, 0.3) is 0 Å². The van der Waals surface area contributed by atoms with Crippen molar-refractivity contribution in [2.24, 2.45) is 0 Å². The summed E-state index contributed by atoms with van der Waals surface area (Å²) in [5, 5.41) is 0. The van der Waals surface area contributed by atoms with Gasteiger partial charge in [-0.05, 0) is 19.8 Å². The van der Waals surface area contributed by atoms with Crippen molar-refractivity contribution in [3.05, 3.63) is 11.6 Å². The van der Waals surface area contributed by atoms with E-state index < -0.39 is 8.07 Å². The second kappa shape index (κ2) is 7.76. The Labute approximate surface area is 97.2 Å². The van der Waals surface area contributed by atoms with Gasteiger partial charge in [-0.2, -0.15) is 0 Å². The van der Waals surface area contributed by atoms with Gasteiger partial charge in [0.2, 0.25) is 0 Å². The van der Waals surface area contributed by atoms with E-state index in [1.807, 2.05) is 0 Å². The minimum absolute atomic E-state index is 0.947. The Kier molecular flexibility index (Phi) is 7.51. The highest BCUT2D eigenvalue weighted by Crippen LogP contribution is 2.08. The molecule has 0 fully saturated rings. The average molecular weight is 222 g/mol. The molecule has 0 bridgehead atoms. The summed E-state index contributed by atoms with van der Waals surface area (Å²) in [5.41, 5.74) is 4.90. The Hall–Kier alpha value is -0.483. The summed E-state index contributed by atoms with van der Waals surface area (Å²) in [7, 11) is -1.15. The SMILES string of the molecule is CCCCC/C(C)=C/CC#C[Si](C)(C)C. The molecule has 86 valence electrons. The third-order valence-corrected chi connectivity index (χ3v) is 3.12. The molecule has 15 heavy (non-hydrogen) atoms. The van der Waals surface area contributed by atoms with Gasteiger partial charge >= 0.3 is 0 Å². The zero-order chi connectivity index (χ0) is 11.7. The van der Waals surface area contributed by atoms with E-state index >= 15 is 0 Å². The fourth-order valence-corrected chi connectivity index (χ4v) is 1.93. The number of allylic oxidation sites excluding steroid dienone is 2. The van der Waals surface area contributed by atoms with Crippen LogP contribution in [0.5, 0.6) is 0 Å². The van der Waals surface area contributed by atoms with Crippen LogP contribution in [0.1, 0.15) is 46.0 Å². The highest BCUT2D eigenvalue weighted by molar-refractivity contribution is 6.83. The fourth-order valence-electron chi connectivity index (χ4n) is 1.30. The van der Waals surface area contributed by atoms with E-state index in [1.54, 1.807) is 0 Å². The van der Waals surface area contributed by atoms with Crippen molar-refractivity contribution in [1.82, 2.24) is 0 Å². The summed E-state index contributed by atoms with van der Waals surface area (Å²) >= 11 is 0. The van der Waals surface area contributed by atoms with Crippen molar-refractivity contribution in [3.63, 3.8) is 0 Å². The van der Waals surface area contributed by atoms with E-state index in [0.717, 1.165) is 6.42 Å². The van der Waals surface area contributed by atoms with Gasteiger partial charge in [0.05, 0.1) is 0 Å². The Morgan fingerprint density at radius 3 is 2.40 bits per heavy atom. The van der Waals surface area contributed by atoms with Gasteiger partial charge in [0.15, 0.2) is 0 Å². The van der Waals surface area contributed by atoms with Crippen molar-refractivity contribution >= 4 is 8.07 Å². The van der Waals surface area contributed by atoms with Crippen LogP contribution in [0.2, 0.25) is 19.6 Å². The lowest BCUT2D eigenvalue weighted by Gasteiger charge is -2.03. The smallest absolute Gasteiger partial charge is 0.129 e. The molecule has 0 rings (SSSR count). The van der Waals surface area contributed by atoms with E-state index in [4.69, 9.17) is 0 Å². The largest absolute Gasteiger partial charge is 0.132 e. The van der Waals surface area contributed by atoms with Gasteiger partial charge in [0, 0.05) is 6.42 Å². The van der Waals surface area contributed by atoms with Crippen LogP contribution in [0.4, 0.5) is 0 Å². The quantitative estimate of drug-likeness (QED) is 0.272. The molecule has 0 amide bonds. The van der Waals surface area contributed by atoms with Crippen LogP contribution in [-0.2, 0) is 0 Å². The first-order chi connectivity index (χ1) is 6.95. The van der Waals surface area contributed by atoms with E-state index in [-0.39, 0.29) is 0 Å². The molecular weight excluding hydrogens is 196 g/mol. The Balaban J connectivity index is 3.79. The maximum Gasteiger partial charge on any atom is 0.129 e. The number of unbranched alkanes of at least 4 members (excludes halogenated alkanes) is 2. The van der Waals surface area contributed by atoms with E-state index in [2.05, 4.69) is 51.0 Å². The minimum Gasteiger partial charge on any atom is -0.132 e. The van der Waals surface area contributed by atoms with Crippen molar-refractivity contribution in [2.75, 3.05) is 0 Å². The van der Waals surface area contributed by atoms with Gasteiger partial charge in [0.1, 0.15) is 8.07 Å². The molecule has 0 atom stereocenters. The highest BCUT2D eigenvalue weighted by Gasteiger charge is 2.06. The van der Waals surface area contributed by atoms with Crippen LogP contribution in [0, 0.1) is 11.5 Å². The summed E-state index contributed by atoms with van der Waals surface area (Å²) in [4.78, 5) is 0. The van der Waals surface area contributed by atoms with Crippen molar-refractivity contribution in [3.8, 4) is 11.5 Å². The second-order valence-corrected chi connectivity index (χ2v) is 10.0. The van der Waals surface area contributed by atoms with Crippen molar-refractivity contribution in [1.29, 1.82) is 0 Å². The first kappa shape index (κ1) is 14.5. The maximum absolute atomic E-state index is 3.39. The summed E-state index contributed by atoms with van der Waals surface area (Å²) in [6, 6.07) is 0. The van der Waals surface area contributed by atoms with Gasteiger partial charge in [0.25, 0.3) is 0 Å². The summed E-state index contributed by atoms with van der Waals surface area (Å²) in [5.74, 6) is 3.28. The lowest BCUT2D eigenvalue weighted by molar-refractivity contribution is 0.712. The Bertz CT molecular complexity index is 245. The number of rotatable bonds is 5. The first-order valence-electron chi connectivity index (χ1n) is 6.11. The topological polar surface area (TPSA) is 0 Å². The molecule has 0 saturated heterocycles. The fraction of sp³-hybridized carbons (Fsp3) is 0.714. The van der Waals surface area contributed by atoms with Crippen LogP contribution >= 0.6 is 0 Å². The number of hydrogen-bond donors (Lipinski definition) is 0. The molecule has 0 nitrogen and oxygen atoms in total. The lowest BCUT2D eigenvalue weighted by Crippen LogP contribution is -2.16. The third kappa shape index (κ3) is 11.4. The number of hydrogen-bond acceptors (Lipinski definition) is 0. The second-order valence-electron chi connectivity index (χ2n) is 5.26. The first-order valence-corrected chi connectivity index (χ1v) is 9.61. The van der Waals surface area contributed by atoms with Gasteiger partial charge < -0.3 is 0 Å². The predicted octanol–water partition coefficient (Wildman–Crippen LogP) is 4.78. The Morgan fingerprint density at radius 1 is 1.20 bits per heavy atom. The summed E-state index contributed by atoms with van der Waals surface area (Å²) < 4.78 is 0. The molecule has 0 saturated carbocycles. The molecule has 0 aliphatic carbocycles. The predicted molar refractivity (Wildman–Crippen MR) is 73.6 cm³/mol. The van der Waals surface area contributed by atoms with E-state index in [0.29, 0.717) is 0 Å². The third-order valence-electron chi connectivity index (χ3n) is 2.19. The molecule has 0 aromatic rings. The summed E-state index contributed by atoms with van der Waals surface area (Å²) in [6.45, 7) is 11.3. The van der Waals surface area contributed by atoms with Crippen LogP contribution in [0.3, 0.4) is 0 Å². The van der Waals surface area contributed by atoms with Crippen molar-refractivity contribution in [2.45, 2.75) is 65.6 Å². The zero-order valence-electron chi connectivity index (χ0n) is 11.1. The van der Waals surface area contributed by atoms with Crippen LogP contribution < -0.4 is 0 Å². The molecule has 0 spiro atoms. The van der Waals surface area contributed by atoms with Gasteiger partial charge in [-0.15, -0.1) is 11.5 Å². The van der Waals surface area contributed by atoms with Gasteiger partial charge in [-0.1, -0.05) is 51.1 Å². The normalized spacial score (nSPS) is 12.2.